The molecule has 3 aromatic rings. The molecule has 0 aliphatic carbocycles. The van der Waals surface area contributed by atoms with Crippen LogP contribution in [-0.4, -0.2) is 12.1 Å². The van der Waals surface area contributed by atoms with Crippen LogP contribution >= 0.6 is 15.9 Å². The molecule has 0 fully saturated rings. The number of benzene rings is 2. The second-order valence-electron chi connectivity index (χ2n) is 4.74. The molecule has 0 spiro atoms. The van der Waals surface area contributed by atoms with Gasteiger partial charge < -0.3 is 10.1 Å². The lowest BCUT2D eigenvalue weighted by atomic mass is 10.1. The van der Waals surface area contributed by atoms with E-state index in [1.807, 2.05) is 24.3 Å². The van der Waals surface area contributed by atoms with Crippen LogP contribution in [-0.2, 0) is 6.54 Å². The van der Waals surface area contributed by atoms with Crippen LogP contribution in [0.4, 0.5) is 5.69 Å². The van der Waals surface area contributed by atoms with E-state index in [0.29, 0.717) is 0 Å². The standard InChI is InChI=1S/C17H15BrN2O/c1-21-15-7-6-13-9-12(4-5-14(13)10-15)11-20-16-3-2-8-19-17(16)18/h2-10,20H,11H2,1H3. The molecule has 1 heterocycles. The Bertz CT molecular complexity index is 774. The van der Waals surface area contributed by atoms with Crippen LogP contribution < -0.4 is 10.1 Å². The maximum atomic E-state index is 5.25. The van der Waals surface area contributed by atoms with Crippen LogP contribution in [0.3, 0.4) is 0 Å². The molecule has 0 saturated heterocycles. The van der Waals surface area contributed by atoms with Crippen molar-refractivity contribution in [2.24, 2.45) is 0 Å². The van der Waals surface area contributed by atoms with Crippen LogP contribution in [0.25, 0.3) is 10.8 Å². The van der Waals surface area contributed by atoms with Gasteiger partial charge in [-0.15, -0.1) is 0 Å². The van der Waals surface area contributed by atoms with Crippen molar-refractivity contribution in [1.82, 2.24) is 4.98 Å². The normalized spacial score (nSPS) is 10.6. The van der Waals surface area contributed by atoms with Crippen molar-refractivity contribution in [1.29, 1.82) is 0 Å². The van der Waals surface area contributed by atoms with Gasteiger partial charge in [0.1, 0.15) is 10.4 Å². The second kappa shape index (κ2) is 6.14. The van der Waals surface area contributed by atoms with E-state index in [2.05, 4.69) is 50.5 Å². The van der Waals surface area contributed by atoms with Gasteiger partial charge in [-0.3, -0.25) is 0 Å². The number of hydrogen-bond acceptors (Lipinski definition) is 3. The molecule has 0 radical (unpaired) electrons. The molecule has 106 valence electrons. The minimum absolute atomic E-state index is 0.756. The third kappa shape index (κ3) is 3.16. The summed E-state index contributed by atoms with van der Waals surface area (Å²) in [6.45, 7) is 0.756. The van der Waals surface area contributed by atoms with E-state index in [9.17, 15) is 0 Å². The summed E-state index contributed by atoms with van der Waals surface area (Å²) in [5, 5.41) is 5.77. The average Bonchev–Trinajstić information content (AvgIpc) is 2.53. The maximum Gasteiger partial charge on any atom is 0.129 e. The first-order valence-corrected chi connectivity index (χ1v) is 7.46. The average molecular weight is 343 g/mol. The minimum atomic E-state index is 0.756. The third-order valence-corrected chi connectivity index (χ3v) is 3.99. The Balaban J connectivity index is 1.80. The molecule has 1 aromatic heterocycles. The Morgan fingerprint density at radius 2 is 1.90 bits per heavy atom. The van der Waals surface area contributed by atoms with Gasteiger partial charge in [0, 0.05) is 12.7 Å². The van der Waals surface area contributed by atoms with Gasteiger partial charge in [-0.05, 0) is 62.6 Å². The third-order valence-electron chi connectivity index (χ3n) is 3.35. The topological polar surface area (TPSA) is 34.1 Å². The first kappa shape index (κ1) is 13.9. The van der Waals surface area contributed by atoms with Crippen molar-refractivity contribution >= 4 is 32.4 Å². The zero-order valence-electron chi connectivity index (χ0n) is 11.6. The summed E-state index contributed by atoms with van der Waals surface area (Å²) < 4.78 is 6.08. The molecule has 0 aliphatic heterocycles. The number of hydrogen-bond donors (Lipinski definition) is 1. The van der Waals surface area contributed by atoms with Crippen molar-refractivity contribution in [3.63, 3.8) is 0 Å². The second-order valence-corrected chi connectivity index (χ2v) is 5.49. The highest BCUT2D eigenvalue weighted by Gasteiger charge is 2.01. The van der Waals surface area contributed by atoms with Gasteiger partial charge in [0.25, 0.3) is 0 Å². The molecule has 0 amide bonds. The van der Waals surface area contributed by atoms with Gasteiger partial charge in [-0.25, -0.2) is 4.98 Å². The van der Waals surface area contributed by atoms with E-state index in [-0.39, 0.29) is 0 Å². The molecule has 0 bridgehead atoms. The largest absolute Gasteiger partial charge is 0.497 e. The number of ether oxygens (including phenoxy) is 1. The Labute approximate surface area is 132 Å². The highest BCUT2D eigenvalue weighted by Crippen LogP contribution is 2.23. The number of pyridine rings is 1. The van der Waals surface area contributed by atoms with Crippen molar-refractivity contribution in [2.75, 3.05) is 12.4 Å². The Hall–Kier alpha value is -2.07. The van der Waals surface area contributed by atoms with Gasteiger partial charge in [0.2, 0.25) is 0 Å². The fourth-order valence-electron chi connectivity index (χ4n) is 2.23. The summed E-state index contributed by atoms with van der Waals surface area (Å²) in [6.07, 6.45) is 1.76. The molecular formula is C17H15BrN2O. The van der Waals surface area contributed by atoms with Gasteiger partial charge in [-0.1, -0.05) is 18.2 Å². The molecular weight excluding hydrogens is 328 g/mol. The van der Waals surface area contributed by atoms with Crippen LogP contribution in [0, 0.1) is 0 Å². The highest BCUT2D eigenvalue weighted by atomic mass is 79.9. The van der Waals surface area contributed by atoms with Crippen molar-refractivity contribution < 1.29 is 4.74 Å². The molecule has 1 N–H and O–H groups in total. The predicted octanol–water partition coefficient (Wildman–Crippen LogP) is 4.62. The SMILES string of the molecule is COc1ccc2cc(CNc3cccnc3Br)ccc2c1. The Morgan fingerprint density at radius 3 is 2.71 bits per heavy atom. The first-order chi connectivity index (χ1) is 10.3. The van der Waals surface area contributed by atoms with E-state index in [4.69, 9.17) is 4.74 Å². The minimum Gasteiger partial charge on any atom is -0.497 e. The van der Waals surface area contributed by atoms with E-state index in [1.54, 1.807) is 13.3 Å². The van der Waals surface area contributed by atoms with E-state index in [0.717, 1.165) is 22.6 Å². The number of fused-ring (bicyclic) bond motifs is 1. The van der Waals surface area contributed by atoms with E-state index < -0.39 is 0 Å². The molecule has 0 saturated carbocycles. The molecule has 0 atom stereocenters. The fourth-order valence-corrected chi connectivity index (χ4v) is 2.62. The molecule has 0 aliphatic rings. The predicted molar refractivity (Wildman–Crippen MR) is 89.8 cm³/mol. The lowest BCUT2D eigenvalue weighted by molar-refractivity contribution is 0.415. The van der Waals surface area contributed by atoms with Crippen LogP contribution in [0.5, 0.6) is 5.75 Å². The summed E-state index contributed by atoms with van der Waals surface area (Å²) >= 11 is 3.44. The molecule has 4 heteroatoms. The summed E-state index contributed by atoms with van der Waals surface area (Å²) in [5.74, 6) is 0.882. The molecule has 3 nitrogen and oxygen atoms in total. The maximum absolute atomic E-state index is 5.25. The van der Waals surface area contributed by atoms with Gasteiger partial charge in [0.15, 0.2) is 0 Å². The summed E-state index contributed by atoms with van der Waals surface area (Å²) in [6, 6.07) is 16.5. The van der Waals surface area contributed by atoms with Crippen molar-refractivity contribution in [2.45, 2.75) is 6.54 Å². The lowest BCUT2D eigenvalue weighted by Crippen LogP contribution is -2.00. The van der Waals surface area contributed by atoms with Gasteiger partial charge in [-0.2, -0.15) is 0 Å². The summed E-state index contributed by atoms with van der Waals surface area (Å²) in [7, 11) is 1.69. The number of nitrogens with one attached hydrogen (secondary N) is 1. The Morgan fingerprint density at radius 1 is 1.10 bits per heavy atom. The fraction of sp³-hybridized carbons (Fsp3) is 0.118. The van der Waals surface area contributed by atoms with Crippen LogP contribution in [0.1, 0.15) is 5.56 Å². The molecule has 21 heavy (non-hydrogen) atoms. The Kier molecular flexibility index (Phi) is 4.06. The number of rotatable bonds is 4. The number of aromatic nitrogens is 1. The monoisotopic (exact) mass is 342 g/mol. The first-order valence-electron chi connectivity index (χ1n) is 6.67. The van der Waals surface area contributed by atoms with Gasteiger partial charge in [0.05, 0.1) is 12.8 Å². The van der Waals surface area contributed by atoms with E-state index >= 15 is 0 Å². The summed E-state index contributed by atoms with van der Waals surface area (Å²) in [4.78, 5) is 4.20. The van der Waals surface area contributed by atoms with Crippen molar-refractivity contribution in [3.05, 3.63) is 64.9 Å². The number of nitrogens with zero attached hydrogens (tertiary/aromatic N) is 1. The zero-order valence-corrected chi connectivity index (χ0v) is 13.2. The highest BCUT2D eigenvalue weighted by molar-refractivity contribution is 9.10. The molecule has 3 rings (SSSR count). The van der Waals surface area contributed by atoms with Crippen LogP contribution in [0.2, 0.25) is 0 Å². The van der Waals surface area contributed by atoms with Crippen molar-refractivity contribution in [3.8, 4) is 5.75 Å². The lowest BCUT2D eigenvalue weighted by Gasteiger charge is -2.09. The number of anilines is 1. The van der Waals surface area contributed by atoms with Crippen LogP contribution in [0.15, 0.2) is 59.3 Å². The quantitative estimate of drug-likeness (QED) is 0.702. The molecule has 2 aromatic carbocycles. The number of halogens is 1. The smallest absolute Gasteiger partial charge is 0.129 e. The van der Waals surface area contributed by atoms with Gasteiger partial charge >= 0.3 is 0 Å². The zero-order chi connectivity index (χ0) is 14.7. The summed E-state index contributed by atoms with van der Waals surface area (Å²) in [5.41, 5.74) is 2.22. The number of methoxy groups -OCH3 is 1. The molecule has 0 unspecified atom stereocenters. The van der Waals surface area contributed by atoms with E-state index in [1.165, 1.54) is 16.3 Å².